The Morgan fingerprint density at radius 3 is 2.69 bits per heavy atom. The lowest BCUT2D eigenvalue weighted by Gasteiger charge is -2.37. The molecule has 2 unspecified atom stereocenters. The number of nitrogens with zero attached hydrogens (tertiary/aromatic N) is 3. The number of fused-ring (bicyclic) bond motifs is 1. The third-order valence-electron chi connectivity index (χ3n) is 6.62. The number of esters is 1. The Kier molecular flexibility index (Phi) is 7.03. The summed E-state index contributed by atoms with van der Waals surface area (Å²) in [5.41, 5.74) is 10.8. The van der Waals surface area contributed by atoms with E-state index in [9.17, 15) is 9.18 Å². The lowest BCUT2D eigenvalue weighted by atomic mass is 9.93. The van der Waals surface area contributed by atoms with Crippen LogP contribution in [0.5, 0.6) is 5.75 Å². The third-order valence-corrected chi connectivity index (χ3v) is 6.62. The molecule has 1 aliphatic heterocycles. The Bertz CT molecular complexity index is 1250. The van der Waals surface area contributed by atoms with Gasteiger partial charge in [-0.1, -0.05) is 38.1 Å². The largest absolute Gasteiger partial charge is 0.423 e. The van der Waals surface area contributed by atoms with Crippen LogP contribution in [0.3, 0.4) is 0 Å². The molecule has 0 bridgehead atoms. The topological polar surface area (TPSA) is 93.4 Å². The van der Waals surface area contributed by atoms with Crippen molar-refractivity contribution in [2.45, 2.75) is 53.1 Å². The fourth-order valence-electron chi connectivity index (χ4n) is 4.26. The number of aryl methyl sites for hydroxylation is 1. The summed E-state index contributed by atoms with van der Waals surface area (Å²) in [6.07, 6.45) is 0.930. The normalized spacial score (nSPS) is 16.1. The fraction of sp³-hybridized carbons (Fsp3) is 0.370. The van der Waals surface area contributed by atoms with E-state index in [1.165, 1.54) is 23.3 Å². The van der Waals surface area contributed by atoms with Crippen LogP contribution in [0.2, 0.25) is 0 Å². The highest BCUT2D eigenvalue weighted by Crippen LogP contribution is 2.36. The number of carbonyl (C=O) groups excluding carboxylic acids is 1. The van der Waals surface area contributed by atoms with E-state index in [2.05, 4.69) is 46.4 Å². The van der Waals surface area contributed by atoms with Crippen LogP contribution >= 0.6 is 0 Å². The zero-order valence-electron chi connectivity index (χ0n) is 20.8. The Morgan fingerprint density at radius 1 is 1.20 bits per heavy atom. The lowest BCUT2D eigenvalue weighted by Crippen LogP contribution is -2.38. The van der Waals surface area contributed by atoms with Gasteiger partial charge in [-0.3, -0.25) is 0 Å². The van der Waals surface area contributed by atoms with E-state index in [0.717, 1.165) is 36.1 Å². The number of anilines is 3. The lowest BCUT2D eigenvalue weighted by molar-refractivity contribution is -0.136. The molecular weight excluding hydrogens is 445 g/mol. The van der Waals surface area contributed by atoms with Gasteiger partial charge in [0.1, 0.15) is 17.7 Å². The highest BCUT2D eigenvalue weighted by molar-refractivity contribution is 5.80. The monoisotopic (exact) mass is 477 g/mol. The first-order valence-electron chi connectivity index (χ1n) is 11.9. The van der Waals surface area contributed by atoms with Gasteiger partial charge in [0, 0.05) is 23.9 Å². The number of nitrogens with two attached hydrogens (primary N) is 1. The van der Waals surface area contributed by atoms with Crippen LogP contribution < -0.4 is 20.7 Å². The van der Waals surface area contributed by atoms with Crippen molar-refractivity contribution in [3.05, 3.63) is 70.7 Å². The highest BCUT2D eigenvalue weighted by Gasteiger charge is 2.27. The molecule has 2 atom stereocenters. The maximum absolute atomic E-state index is 14.0. The summed E-state index contributed by atoms with van der Waals surface area (Å²) in [5, 5.41) is 3.12. The Hall–Kier alpha value is -3.52. The first-order chi connectivity index (χ1) is 16.7. The van der Waals surface area contributed by atoms with E-state index >= 15 is 0 Å². The van der Waals surface area contributed by atoms with Crippen molar-refractivity contribution in [3.63, 3.8) is 0 Å². The predicted octanol–water partition coefficient (Wildman–Crippen LogP) is 4.99. The summed E-state index contributed by atoms with van der Waals surface area (Å²) in [6.45, 7) is 10.6. The summed E-state index contributed by atoms with van der Waals surface area (Å²) in [7, 11) is 0. The van der Waals surface area contributed by atoms with Crippen molar-refractivity contribution in [2.24, 2.45) is 11.7 Å². The second-order valence-corrected chi connectivity index (χ2v) is 9.36. The molecule has 0 fully saturated rings. The van der Waals surface area contributed by atoms with Crippen molar-refractivity contribution in [1.29, 1.82) is 0 Å². The van der Waals surface area contributed by atoms with Crippen LogP contribution in [-0.2, 0) is 11.2 Å². The summed E-state index contributed by atoms with van der Waals surface area (Å²) < 4.78 is 19.4. The summed E-state index contributed by atoms with van der Waals surface area (Å²) in [5.74, 6) is -0.0599. The number of hydrogen-bond donors (Lipinski definition) is 2. The first kappa shape index (κ1) is 24.6. The second kappa shape index (κ2) is 10.00. The van der Waals surface area contributed by atoms with Crippen molar-refractivity contribution < 1.29 is 13.9 Å². The maximum Gasteiger partial charge on any atom is 0.328 e. The smallest absolute Gasteiger partial charge is 0.328 e. The van der Waals surface area contributed by atoms with Crippen molar-refractivity contribution in [1.82, 2.24) is 9.97 Å². The Balaban J connectivity index is 1.65. The molecule has 0 aliphatic carbocycles. The highest BCUT2D eigenvalue weighted by atomic mass is 19.1. The molecular formula is C27H32FN5O2. The van der Waals surface area contributed by atoms with Crippen molar-refractivity contribution in [3.8, 4) is 5.75 Å². The molecule has 1 aliphatic rings. The SMILES string of the molecule is Cc1nc(Nc2ccc(F)cc2OC(=O)C(N)C(C)C)nc(N2CCc3ccccc3C2C)c1C. The Labute approximate surface area is 205 Å². The average molecular weight is 478 g/mol. The number of carbonyl (C=O) groups is 1. The minimum absolute atomic E-state index is 0.0368. The molecule has 7 nitrogen and oxygen atoms in total. The molecule has 0 spiro atoms. The number of benzene rings is 2. The minimum Gasteiger partial charge on any atom is -0.423 e. The molecule has 3 aromatic rings. The number of ether oxygens (including phenoxy) is 1. The quantitative estimate of drug-likeness (QED) is 0.382. The van der Waals surface area contributed by atoms with Gasteiger partial charge >= 0.3 is 5.97 Å². The van der Waals surface area contributed by atoms with Gasteiger partial charge in [0.15, 0.2) is 5.75 Å². The predicted molar refractivity (Wildman–Crippen MR) is 136 cm³/mol. The van der Waals surface area contributed by atoms with Crippen molar-refractivity contribution >= 4 is 23.4 Å². The second-order valence-electron chi connectivity index (χ2n) is 9.36. The number of rotatable bonds is 6. The summed E-state index contributed by atoms with van der Waals surface area (Å²) >= 11 is 0. The zero-order valence-corrected chi connectivity index (χ0v) is 20.8. The molecule has 2 aromatic carbocycles. The molecule has 1 aromatic heterocycles. The van der Waals surface area contributed by atoms with Gasteiger partial charge in [-0.05, 0) is 56.4 Å². The van der Waals surface area contributed by atoms with E-state index in [1.54, 1.807) is 0 Å². The van der Waals surface area contributed by atoms with Gasteiger partial charge in [0.2, 0.25) is 5.95 Å². The van der Waals surface area contributed by atoms with Crippen LogP contribution in [0.4, 0.5) is 21.8 Å². The molecule has 0 saturated carbocycles. The molecule has 0 saturated heterocycles. The van der Waals surface area contributed by atoms with E-state index < -0.39 is 17.8 Å². The van der Waals surface area contributed by atoms with E-state index in [-0.39, 0.29) is 17.7 Å². The minimum atomic E-state index is -0.820. The molecule has 184 valence electrons. The first-order valence-corrected chi connectivity index (χ1v) is 11.9. The van der Waals surface area contributed by atoms with Gasteiger partial charge in [-0.15, -0.1) is 0 Å². The Morgan fingerprint density at radius 2 is 1.94 bits per heavy atom. The van der Waals surface area contributed by atoms with Gasteiger partial charge in [0.25, 0.3) is 0 Å². The van der Waals surface area contributed by atoms with Crippen LogP contribution in [0.25, 0.3) is 0 Å². The fourth-order valence-corrected chi connectivity index (χ4v) is 4.26. The van der Waals surface area contributed by atoms with Crippen LogP contribution in [0, 0.1) is 25.6 Å². The molecule has 2 heterocycles. The zero-order chi connectivity index (χ0) is 25.3. The summed E-state index contributed by atoms with van der Waals surface area (Å²) in [6, 6.07) is 11.7. The van der Waals surface area contributed by atoms with E-state index in [4.69, 9.17) is 15.5 Å². The van der Waals surface area contributed by atoms with Gasteiger partial charge < -0.3 is 20.7 Å². The molecule has 0 radical (unpaired) electrons. The van der Waals surface area contributed by atoms with Gasteiger partial charge in [-0.25, -0.2) is 14.2 Å². The van der Waals surface area contributed by atoms with Gasteiger partial charge in [-0.2, -0.15) is 4.98 Å². The van der Waals surface area contributed by atoms with E-state index in [0.29, 0.717) is 11.6 Å². The maximum atomic E-state index is 14.0. The number of halogens is 1. The number of hydrogen-bond acceptors (Lipinski definition) is 7. The van der Waals surface area contributed by atoms with Crippen LogP contribution in [-0.4, -0.2) is 28.5 Å². The molecule has 0 amide bonds. The van der Waals surface area contributed by atoms with Crippen molar-refractivity contribution in [2.75, 3.05) is 16.8 Å². The standard InChI is InChI=1S/C27H32FN5O2/c1-15(2)24(29)26(34)35-23-14-20(28)10-11-22(23)31-27-30-17(4)16(3)25(32-27)33-13-12-19-8-6-7-9-21(19)18(33)5/h6-11,14-15,18,24H,12-13,29H2,1-5H3,(H,30,31,32). The van der Waals surface area contributed by atoms with E-state index in [1.807, 2.05) is 27.7 Å². The van der Waals surface area contributed by atoms with Crippen LogP contribution in [0.15, 0.2) is 42.5 Å². The number of nitrogens with one attached hydrogen (secondary N) is 1. The molecule has 4 rings (SSSR count). The third kappa shape index (κ3) is 5.12. The van der Waals surface area contributed by atoms with Crippen LogP contribution in [0.1, 0.15) is 49.2 Å². The molecule has 8 heteroatoms. The number of aromatic nitrogens is 2. The average Bonchev–Trinajstić information content (AvgIpc) is 2.83. The molecule has 3 N–H and O–H groups in total. The van der Waals surface area contributed by atoms with Gasteiger partial charge in [0.05, 0.1) is 11.7 Å². The summed E-state index contributed by atoms with van der Waals surface area (Å²) in [4.78, 5) is 24.1. The molecule has 35 heavy (non-hydrogen) atoms.